The highest BCUT2D eigenvalue weighted by Crippen LogP contribution is 2.23. The van der Waals surface area contributed by atoms with Crippen LogP contribution in [0.5, 0.6) is 0 Å². The highest BCUT2D eigenvalue weighted by molar-refractivity contribution is 5.67. The Morgan fingerprint density at radius 2 is 1.92 bits per heavy atom. The zero-order valence-corrected chi connectivity index (χ0v) is 14.1. The zero-order valence-electron chi connectivity index (χ0n) is 14.1. The first-order valence-corrected chi connectivity index (χ1v) is 8.20. The summed E-state index contributed by atoms with van der Waals surface area (Å²) in [6.45, 7) is 0.669. The summed E-state index contributed by atoms with van der Waals surface area (Å²) in [5, 5.41) is 24.3. The van der Waals surface area contributed by atoms with Crippen molar-refractivity contribution in [2.24, 2.45) is 0 Å². The molecule has 1 aromatic carbocycles. The molecule has 0 radical (unpaired) electrons. The number of nitriles is 1. The van der Waals surface area contributed by atoms with Crippen molar-refractivity contribution in [1.29, 1.82) is 5.26 Å². The number of aromatic nitrogens is 3. The van der Waals surface area contributed by atoms with Gasteiger partial charge in [0.1, 0.15) is 5.82 Å². The largest absolute Gasteiger partial charge is 0.396 e. The molecule has 0 unspecified atom stereocenters. The highest BCUT2D eigenvalue weighted by atomic mass is 16.3. The summed E-state index contributed by atoms with van der Waals surface area (Å²) in [4.78, 5) is 13.0. The van der Waals surface area contributed by atoms with E-state index in [9.17, 15) is 0 Å². The number of aliphatic hydroxyl groups is 1. The molecule has 0 aliphatic rings. The van der Waals surface area contributed by atoms with Crippen LogP contribution >= 0.6 is 0 Å². The molecule has 7 heteroatoms. The second-order valence-electron chi connectivity index (χ2n) is 5.52. The van der Waals surface area contributed by atoms with Gasteiger partial charge < -0.3 is 15.7 Å². The molecule has 2 heterocycles. The summed E-state index contributed by atoms with van der Waals surface area (Å²) in [7, 11) is 0. The van der Waals surface area contributed by atoms with Gasteiger partial charge in [-0.05, 0) is 36.8 Å². The van der Waals surface area contributed by atoms with E-state index in [2.05, 4.69) is 31.7 Å². The Morgan fingerprint density at radius 3 is 2.69 bits per heavy atom. The molecule has 3 aromatic rings. The van der Waals surface area contributed by atoms with Gasteiger partial charge in [-0.2, -0.15) is 10.2 Å². The van der Waals surface area contributed by atoms with Crippen LogP contribution in [0.3, 0.4) is 0 Å². The standard InChI is InChI=1S/C19H18N6O/c20-13-14-3-1-4-16(11-14)23-18-12-17(15-5-8-21-9-6-15)24-19(25-18)22-7-2-10-26/h1,3-6,8-9,11-12,26H,2,7,10H2,(H2,22,23,24,25). The third-order valence-electron chi connectivity index (χ3n) is 3.58. The lowest BCUT2D eigenvalue weighted by Gasteiger charge is -2.11. The Bertz CT molecular complexity index is 907. The van der Waals surface area contributed by atoms with Crippen LogP contribution in [0.1, 0.15) is 12.0 Å². The predicted octanol–water partition coefficient (Wildman–Crippen LogP) is 2.95. The van der Waals surface area contributed by atoms with Gasteiger partial charge in [0.25, 0.3) is 0 Å². The summed E-state index contributed by atoms with van der Waals surface area (Å²) in [5.74, 6) is 1.07. The Balaban J connectivity index is 1.92. The maximum absolute atomic E-state index is 9.05. The summed E-state index contributed by atoms with van der Waals surface area (Å²) in [6, 6.07) is 14.9. The minimum Gasteiger partial charge on any atom is -0.396 e. The quantitative estimate of drug-likeness (QED) is 0.565. The van der Waals surface area contributed by atoms with E-state index in [1.165, 1.54) is 0 Å². The molecule has 7 nitrogen and oxygen atoms in total. The molecule has 0 fully saturated rings. The molecule has 0 saturated carbocycles. The minimum absolute atomic E-state index is 0.100. The summed E-state index contributed by atoms with van der Waals surface area (Å²) < 4.78 is 0. The molecule has 3 N–H and O–H groups in total. The normalized spacial score (nSPS) is 10.2. The van der Waals surface area contributed by atoms with Crippen LogP contribution in [-0.2, 0) is 0 Å². The van der Waals surface area contributed by atoms with Gasteiger partial charge in [0.05, 0.1) is 17.3 Å². The average Bonchev–Trinajstić information content (AvgIpc) is 2.69. The first-order chi connectivity index (χ1) is 12.8. The van der Waals surface area contributed by atoms with Crippen LogP contribution in [0.15, 0.2) is 54.9 Å². The van der Waals surface area contributed by atoms with E-state index in [1.807, 2.05) is 30.3 Å². The molecule has 26 heavy (non-hydrogen) atoms. The summed E-state index contributed by atoms with van der Waals surface area (Å²) >= 11 is 0. The van der Waals surface area contributed by atoms with Crippen LogP contribution in [-0.4, -0.2) is 33.2 Å². The van der Waals surface area contributed by atoms with Gasteiger partial charge in [0.2, 0.25) is 5.95 Å². The Kier molecular flexibility index (Phi) is 5.70. The van der Waals surface area contributed by atoms with E-state index in [0.717, 1.165) is 16.9 Å². The van der Waals surface area contributed by atoms with E-state index in [0.29, 0.717) is 30.3 Å². The molecule has 3 rings (SSSR count). The second-order valence-corrected chi connectivity index (χ2v) is 5.52. The fraction of sp³-hybridized carbons (Fsp3) is 0.158. The second kappa shape index (κ2) is 8.55. The van der Waals surface area contributed by atoms with Gasteiger partial charge in [0.15, 0.2) is 0 Å². The number of benzene rings is 1. The van der Waals surface area contributed by atoms with Crippen molar-refractivity contribution >= 4 is 17.5 Å². The van der Waals surface area contributed by atoms with Crippen molar-refractivity contribution in [1.82, 2.24) is 15.0 Å². The van der Waals surface area contributed by atoms with Gasteiger partial charge in [0, 0.05) is 42.9 Å². The van der Waals surface area contributed by atoms with Gasteiger partial charge >= 0.3 is 0 Å². The molecule has 0 atom stereocenters. The first-order valence-electron chi connectivity index (χ1n) is 8.20. The zero-order chi connectivity index (χ0) is 18.2. The number of aliphatic hydroxyl groups excluding tert-OH is 1. The van der Waals surface area contributed by atoms with Crippen LogP contribution in [0.4, 0.5) is 17.5 Å². The SMILES string of the molecule is N#Cc1cccc(Nc2cc(-c3ccncc3)nc(NCCCO)n2)c1. The van der Waals surface area contributed by atoms with Gasteiger partial charge in [-0.15, -0.1) is 0 Å². The monoisotopic (exact) mass is 346 g/mol. The fourth-order valence-corrected chi connectivity index (χ4v) is 2.35. The molecular weight excluding hydrogens is 328 g/mol. The van der Waals surface area contributed by atoms with E-state index >= 15 is 0 Å². The Hall–Kier alpha value is -3.50. The number of nitrogens with zero attached hydrogens (tertiary/aromatic N) is 4. The predicted molar refractivity (Wildman–Crippen MR) is 99.9 cm³/mol. The molecular formula is C19H18N6O. The number of hydrogen-bond acceptors (Lipinski definition) is 7. The molecule has 130 valence electrons. The van der Waals surface area contributed by atoms with Crippen molar-refractivity contribution in [2.75, 3.05) is 23.8 Å². The van der Waals surface area contributed by atoms with Crippen LogP contribution in [0, 0.1) is 11.3 Å². The first kappa shape index (κ1) is 17.3. The highest BCUT2D eigenvalue weighted by Gasteiger charge is 2.07. The summed E-state index contributed by atoms with van der Waals surface area (Å²) in [5.41, 5.74) is 3.00. The third-order valence-corrected chi connectivity index (χ3v) is 3.58. The number of pyridine rings is 1. The molecule has 0 bridgehead atoms. The topological polar surface area (TPSA) is 107 Å². The van der Waals surface area contributed by atoms with Crippen LogP contribution < -0.4 is 10.6 Å². The lowest BCUT2D eigenvalue weighted by molar-refractivity contribution is 0.292. The number of anilines is 3. The van der Waals surface area contributed by atoms with Crippen molar-refractivity contribution in [2.45, 2.75) is 6.42 Å². The lowest BCUT2D eigenvalue weighted by atomic mass is 10.2. The Morgan fingerprint density at radius 1 is 1.08 bits per heavy atom. The number of nitrogens with one attached hydrogen (secondary N) is 2. The van der Waals surface area contributed by atoms with Crippen molar-refractivity contribution in [3.05, 3.63) is 60.4 Å². The minimum atomic E-state index is 0.100. The van der Waals surface area contributed by atoms with Crippen LogP contribution in [0.25, 0.3) is 11.3 Å². The van der Waals surface area contributed by atoms with E-state index in [1.54, 1.807) is 24.5 Å². The van der Waals surface area contributed by atoms with Gasteiger partial charge in [-0.3, -0.25) is 4.98 Å². The molecule has 0 spiro atoms. The van der Waals surface area contributed by atoms with Gasteiger partial charge in [-0.1, -0.05) is 6.07 Å². The third kappa shape index (κ3) is 4.53. The van der Waals surface area contributed by atoms with E-state index in [4.69, 9.17) is 10.4 Å². The smallest absolute Gasteiger partial charge is 0.225 e. The molecule has 0 aliphatic carbocycles. The van der Waals surface area contributed by atoms with Gasteiger partial charge in [-0.25, -0.2) is 4.98 Å². The lowest BCUT2D eigenvalue weighted by Crippen LogP contribution is -2.08. The van der Waals surface area contributed by atoms with E-state index < -0.39 is 0 Å². The molecule has 0 amide bonds. The van der Waals surface area contributed by atoms with Crippen LogP contribution in [0.2, 0.25) is 0 Å². The summed E-state index contributed by atoms with van der Waals surface area (Å²) in [6.07, 6.45) is 4.02. The number of rotatable bonds is 7. The van der Waals surface area contributed by atoms with E-state index in [-0.39, 0.29) is 6.61 Å². The maximum Gasteiger partial charge on any atom is 0.225 e. The van der Waals surface area contributed by atoms with Crippen molar-refractivity contribution in [3.63, 3.8) is 0 Å². The van der Waals surface area contributed by atoms with Crippen molar-refractivity contribution in [3.8, 4) is 17.3 Å². The molecule has 0 saturated heterocycles. The Labute approximate surface area is 151 Å². The molecule has 2 aromatic heterocycles. The average molecular weight is 346 g/mol. The maximum atomic E-state index is 9.05. The van der Waals surface area contributed by atoms with Crippen molar-refractivity contribution < 1.29 is 5.11 Å². The fourth-order valence-electron chi connectivity index (χ4n) is 2.35. The number of hydrogen-bond donors (Lipinski definition) is 3. The molecule has 0 aliphatic heterocycles.